The summed E-state index contributed by atoms with van der Waals surface area (Å²) in [6, 6.07) is 12.3. The van der Waals surface area contributed by atoms with Crippen LogP contribution >= 0.6 is 12.2 Å². The van der Waals surface area contributed by atoms with E-state index < -0.39 is 0 Å². The Kier molecular flexibility index (Phi) is 7.07. The fourth-order valence-corrected chi connectivity index (χ4v) is 2.78. The lowest BCUT2D eigenvalue weighted by molar-refractivity contribution is 0.354. The van der Waals surface area contributed by atoms with E-state index >= 15 is 0 Å². The zero-order chi connectivity index (χ0) is 18.2. The van der Waals surface area contributed by atoms with E-state index in [2.05, 4.69) is 48.7 Å². The van der Waals surface area contributed by atoms with Crippen molar-refractivity contribution in [2.45, 2.75) is 26.7 Å². The van der Waals surface area contributed by atoms with E-state index in [-0.39, 0.29) is 0 Å². The third kappa shape index (κ3) is 5.64. The number of hydrogen-bond acceptors (Lipinski definition) is 3. The predicted octanol–water partition coefficient (Wildman–Crippen LogP) is 4.24. The van der Waals surface area contributed by atoms with Crippen molar-refractivity contribution in [3.8, 4) is 11.5 Å². The molecular weight excluding hydrogens is 332 g/mol. The molecule has 0 spiro atoms. The second-order valence-corrected chi connectivity index (χ2v) is 6.40. The Hall–Kier alpha value is -2.27. The van der Waals surface area contributed by atoms with Crippen molar-refractivity contribution in [1.82, 2.24) is 5.32 Å². The first kappa shape index (κ1) is 19.1. The van der Waals surface area contributed by atoms with Gasteiger partial charge < -0.3 is 20.1 Å². The van der Waals surface area contributed by atoms with Crippen LogP contribution in [0.1, 0.15) is 23.1 Å². The average Bonchev–Trinajstić information content (AvgIpc) is 2.61. The Morgan fingerprint density at radius 2 is 1.76 bits per heavy atom. The van der Waals surface area contributed by atoms with Crippen molar-refractivity contribution in [2.75, 3.05) is 26.1 Å². The van der Waals surface area contributed by atoms with Gasteiger partial charge in [-0.2, -0.15) is 0 Å². The molecule has 0 saturated carbocycles. The third-order valence-corrected chi connectivity index (χ3v) is 4.26. The summed E-state index contributed by atoms with van der Waals surface area (Å²) >= 11 is 5.38. The molecule has 0 fully saturated rings. The summed E-state index contributed by atoms with van der Waals surface area (Å²) in [5.41, 5.74) is 4.66. The van der Waals surface area contributed by atoms with Gasteiger partial charge in [0.05, 0.1) is 14.2 Å². The van der Waals surface area contributed by atoms with E-state index in [0.29, 0.717) is 5.11 Å². The molecule has 0 aliphatic rings. The normalized spacial score (nSPS) is 10.2. The molecule has 2 aromatic carbocycles. The number of anilines is 1. The highest BCUT2D eigenvalue weighted by molar-refractivity contribution is 7.80. The van der Waals surface area contributed by atoms with Crippen LogP contribution in [0.25, 0.3) is 0 Å². The van der Waals surface area contributed by atoms with Crippen LogP contribution in [-0.4, -0.2) is 25.9 Å². The largest absolute Gasteiger partial charge is 0.493 e. The molecule has 0 radical (unpaired) electrons. The maximum absolute atomic E-state index is 5.38. The number of nitrogens with one attached hydrogen (secondary N) is 2. The molecule has 0 aromatic heterocycles. The van der Waals surface area contributed by atoms with Crippen LogP contribution in [0.2, 0.25) is 0 Å². The highest BCUT2D eigenvalue weighted by Gasteiger charge is 2.05. The first-order valence-corrected chi connectivity index (χ1v) is 8.77. The van der Waals surface area contributed by atoms with Crippen LogP contribution in [0.4, 0.5) is 5.69 Å². The van der Waals surface area contributed by atoms with Gasteiger partial charge in [0.15, 0.2) is 16.6 Å². The molecule has 134 valence electrons. The van der Waals surface area contributed by atoms with Crippen molar-refractivity contribution >= 4 is 23.0 Å². The molecule has 4 nitrogen and oxygen atoms in total. The summed E-state index contributed by atoms with van der Waals surface area (Å²) in [5.74, 6) is 1.52. The highest BCUT2D eigenvalue weighted by atomic mass is 32.1. The molecule has 5 heteroatoms. The second kappa shape index (κ2) is 9.28. The van der Waals surface area contributed by atoms with E-state index in [1.165, 1.54) is 16.7 Å². The summed E-state index contributed by atoms with van der Waals surface area (Å²) in [6.45, 7) is 4.96. The van der Waals surface area contributed by atoms with Gasteiger partial charge in [-0.3, -0.25) is 0 Å². The van der Waals surface area contributed by atoms with Gasteiger partial charge >= 0.3 is 0 Å². The van der Waals surface area contributed by atoms with Crippen LogP contribution < -0.4 is 20.1 Å². The number of thiocarbonyl (C=S) groups is 1. The molecular formula is C20H26N2O2S. The fourth-order valence-electron chi connectivity index (χ4n) is 2.57. The summed E-state index contributed by atoms with van der Waals surface area (Å²) in [5, 5.41) is 7.18. The molecule has 2 aromatic rings. The van der Waals surface area contributed by atoms with Gasteiger partial charge in [-0.25, -0.2) is 0 Å². The standard InChI is InChI=1S/C20H26N2O2S/c1-14-7-8-15(2)17(12-14)22-20(25)21-11-5-6-16-9-10-18(23-3)19(13-16)24-4/h7-10,12-13H,5-6,11H2,1-4H3,(H2,21,22,25). The fraction of sp³-hybridized carbons (Fsp3) is 0.350. The quantitative estimate of drug-likeness (QED) is 0.572. The van der Waals surface area contributed by atoms with E-state index in [1.807, 2.05) is 12.1 Å². The smallest absolute Gasteiger partial charge is 0.170 e. The Labute approximate surface area is 155 Å². The van der Waals surface area contributed by atoms with Crippen molar-refractivity contribution in [2.24, 2.45) is 0 Å². The number of methoxy groups -OCH3 is 2. The first-order chi connectivity index (χ1) is 12.0. The zero-order valence-electron chi connectivity index (χ0n) is 15.3. The topological polar surface area (TPSA) is 42.5 Å². The van der Waals surface area contributed by atoms with Crippen molar-refractivity contribution < 1.29 is 9.47 Å². The van der Waals surface area contributed by atoms with Gasteiger partial charge in [-0.05, 0) is 73.8 Å². The number of rotatable bonds is 7. The van der Waals surface area contributed by atoms with E-state index in [0.717, 1.165) is 36.6 Å². The van der Waals surface area contributed by atoms with Crippen molar-refractivity contribution in [3.05, 3.63) is 53.1 Å². The first-order valence-electron chi connectivity index (χ1n) is 8.36. The van der Waals surface area contributed by atoms with Gasteiger partial charge in [0.1, 0.15) is 0 Å². The molecule has 0 unspecified atom stereocenters. The summed E-state index contributed by atoms with van der Waals surface area (Å²) in [7, 11) is 3.30. The number of benzene rings is 2. The van der Waals surface area contributed by atoms with E-state index in [4.69, 9.17) is 21.7 Å². The van der Waals surface area contributed by atoms with Crippen LogP contribution in [-0.2, 0) is 6.42 Å². The van der Waals surface area contributed by atoms with Crippen molar-refractivity contribution in [1.29, 1.82) is 0 Å². The van der Waals surface area contributed by atoms with Gasteiger partial charge in [-0.15, -0.1) is 0 Å². The molecule has 0 bridgehead atoms. The molecule has 0 amide bonds. The number of ether oxygens (including phenoxy) is 2. The lowest BCUT2D eigenvalue weighted by atomic mass is 10.1. The van der Waals surface area contributed by atoms with Crippen LogP contribution in [0, 0.1) is 13.8 Å². The van der Waals surface area contributed by atoms with Gasteiger partial charge in [0, 0.05) is 12.2 Å². The molecule has 25 heavy (non-hydrogen) atoms. The Morgan fingerprint density at radius 1 is 1.00 bits per heavy atom. The van der Waals surface area contributed by atoms with Crippen LogP contribution in [0.3, 0.4) is 0 Å². The minimum Gasteiger partial charge on any atom is -0.493 e. The molecule has 0 aliphatic heterocycles. The minimum atomic E-state index is 0.654. The predicted molar refractivity (Wildman–Crippen MR) is 108 cm³/mol. The molecule has 0 aliphatic carbocycles. The van der Waals surface area contributed by atoms with Crippen molar-refractivity contribution in [3.63, 3.8) is 0 Å². The average molecular weight is 359 g/mol. The lowest BCUT2D eigenvalue weighted by Crippen LogP contribution is -2.29. The van der Waals surface area contributed by atoms with Gasteiger partial charge in [0.25, 0.3) is 0 Å². The van der Waals surface area contributed by atoms with Crippen LogP contribution in [0.5, 0.6) is 11.5 Å². The molecule has 0 saturated heterocycles. The molecule has 0 heterocycles. The second-order valence-electron chi connectivity index (χ2n) is 5.99. The molecule has 2 N–H and O–H groups in total. The SMILES string of the molecule is COc1ccc(CCCNC(=S)Nc2cc(C)ccc2C)cc1OC. The number of aryl methyl sites for hydroxylation is 3. The maximum Gasteiger partial charge on any atom is 0.170 e. The summed E-state index contributed by atoms with van der Waals surface area (Å²) < 4.78 is 10.6. The Bertz CT molecular complexity index is 732. The Morgan fingerprint density at radius 3 is 2.48 bits per heavy atom. The summed E-state index contributed by atoms with van der Waals surface area (Å²) in [4.78, 5) is 0. The molecule has 0 atom stereocenters. The third-order valence-electron chi connectivity index (χ3n) is 4.02. The summed E-state index contributed by atoms with van der Waals surface area (Å²) in [6.07, 6.45) is 1.92. The Balaban J connectivity index is 1.79. The number of hydrogen-bond donors (Lipinski definition) is 2. The van der Waals surface area contributed by atoms with E-state index in [9.17, 15) is 0 Å². The zero-order valence-corrected chi connectivity index (χ0v) is 16.1. The minimum absolute atomic E-state index is 0.654. The molecule has 2 rings (SSSR count). The monoisotopic (exact) mass is 358 g/mol. The van der Waals surface area contributed by atoms with Crippen LogP contribution in [0.15, 0.2) is 36.4 Å². The lowest BCUT2D eigenvalue weighted by Gasteiger charge is -2.13. The van der Waals surface area contributed by atoms with E-state index in [1.54, 1.807) is 14.2 Å². The van der Waals surface area contributed by atoms with Gasteiger partial charge in [0.2, 0.25) is 0 Å². The van der Waals surface area contributed by atoms with Gasteiger partial charge in [-0.1, -0.05) is 18.2 Å². The highest BCUT2D eigenvalue weighted by Crippen LogP contribution is 2.27. The maximum atomic E-state index is 5.38.